The summed E-state index contributed by atoms with van der Waals surface area (Å²) in [6.45, 7) is 4.64. The maximum atomic E-state index is 8.65. The Balaban J connectivity index is 2.04. The molecular formula is C18H18O2. The highest BCUT2D eigenvalue weighted by atomic mass is 16.5. The lowest BCUT2D eigenvalue weighted by Crippen LogP contribution is -2.00. The smallest absolute Gasteiger partial charge is 0.119 e. The second-order valence-corrected chi connectivity index (χ2v) is 4.64. The molecule has 0 heterocycles. The molecule has 102 valence electrons. The van der Waals surface area contributed by atoms with E-state index in [1.54, 1.807) is 0 Å². The first-order chi connectivity index (χ1) is 9.70. The fourth-order valence-corrected chi connectivity index (χ4v) is 2.01. The summed E-state index contributed by atoms with van der Waals surface area (Å²) >= 11 is 0. The molecule has 0 bridgehead atoms. The van der Waals surface area contributed by atoms with E-state index >= 15 is 0 Å². The van der Waals surface area contributed by atoms with E-state index in [-0.39, 0.29) is 6.61 Å². The van der Waals surface area contributed by atoms with Crippen LogP contribution in [0.5, 0.6) is 5.75 Å². The summed E-state index contributed by atoms with van der Waals surface area (Å²) in [5, 5.41) is 8.65. The van der Waals surface area contributed by atoms with Crippen molar-refractivity contribution in [1.29, 1.82) is 0 Å². The lowest BCUT2D eigenvalue weighted by molar-refractivity contribution is 0.304. The zero-order chi connectivity index (χ0) is 14.4. The van der Waals surface area contributed by atoms with E-state index in [9.17, 15) is 0 Å². The Hall–Kier alpha value is -2.24. The molecule has 1 N–H and O–H groups in total. The van der Waals surface area contributed by atoms with Gasteiger partial charge < -0.3 is 9.84 Å². The molecule has 2 heteroatoms. The molecule has 20 heavy (non-hydrogen) atoms. The molecule has 0 saturated heterocycles. The largest absolute Gasteiger partial charge is 0.489 e. The van der Waals surface area contributed by atoms with Crippen LogP contribution in [0, 0.1) is 25.7 Å². The first kappa shape index (κ1) is 14.2. The van der Waals surface area contributed by atoms with Crippen LogP contribution in [0.15, 0.2) is 42.5 Å². The van der Waals surface area contributed by atoms with Gasteiger partial charge in [0.1, 0.15) is 19.0 Å². The Morgan fingerprint density at radius 2 is 1.65 bits per heavy atom. The SMILES string of the molecule is Cc1cccc(C)c1COc1ccc(C#CCO)cc1. The van der Waals surface area contributed by atoms with E-state index in [1.807, 2.05) is 24.3 Å². The standard InChI is InChI=1S/C18H18O2/c1-14-5-3-6-15(2)18(14)13-20-17-10-8-16(9-11-17)7-4-12-19/h3,5-6,8-11,19H,12-13H2,1-2H3. The Labute approximate surface area is 120 Å². The lowest BCUT2D eigenvalue weighted by atomic mass is 10.0. The second-order valence-electron chi connectivity index (χ2n) is 4.64. The highest BCUT2D eigenvalue weighted by Gasteiger charge is 2.03. The molecule has 0 aromatic heterocycles. The molecule has 0 saturated carbocycles. The molecule has 0 unspecified atom stereocenters. The molecular weight excluding hydrogens is 248 g/mol. The van der Waals surface area contributed by atoms with Gasteiger partial charge in [-0.15, -0.1) is 0 Å². The number of benzene rings is 2. The number of rotatable bonds is 3. The van der Waals surface area contributed by atoms with Gasteiger partial charge in [0, 0.05) is 5.56 Å². The average Bonchev–Trinajstić information content (AvgIpc) is 2.46. The van der Waals surface area contributed by atoms with Crippen molar-refractivity contribution in [2.75, 3.05) is 6.61 Å². The molecule has 2 nitrogen and oxygen atoms in total. The summed E-state index contributed by atoms with van der Waals surface area (Å²) < 4.78 is 5.82. The van der Waals surface area contributed by atoms with E-state index in [1.165, 1.54) is 16.7 Å². The van der Waals surface area contributed by atoms with Gasteiger partial charge in [-0.25, -0.2) is 0 Å². The van der Waals surface area contributed by atoms with E-state index in [0.29, 0.717) is 6.61 Å². The first-order valence-electron chi connectivity index (χ1n) is 6.58. The van der Waals surface area contributed by atoms with Crippen LogP contribution < -0.4 is 4.74 Å². The third kappa shape index (κ3) is 3.63. The molecule has 0 aliphatic carbocycles. The average molecular weight is 266 g/mol. The van der Waals surface area contributed by atoms with Crippen molar-refractivity contribution >= 4 is 0 Å². The summed E-state index contributed by atoms with van der Waals surface area (Å²) in [5.41, 5.74) is 4.60. The minimum atomic E-state index is -0.120. The Morgan fingerprint density at radius 1 is 1.00 bits per heavy atom. The molecule has 0 spiro atoms. The Bertz CT molecular complexity index is 610. The van der Waals surface area contributed by atoms with Crippen molar-refractivity contribution in [2.24, 2.45) is 0 Å². The lowest BCUT2D eigenvalue weighted by Gasteiger charge is -2.11. The maximum absolute atomic E-state index is 8.65. The van der Waals surface area contributed by atoms with Crippen molar-refractivity contribution in [3.05, 3.63) is 64.7 Å². The fourth-order valence-electron chi connectivity index (χ4n) is 2.01. The number of ether oxygens (including phenoxy) is 1. The van der Waals surface area contributed by atoms with E-state index in [2.05, 4.69) is 43.9 Å². The molecule has 0 atom stereocenters. The van der Waals surface area contributed by atoms with Gasteiger partial charge in [0.15, 0.2) is 0 Å². The van der Waals surface area contributed by atoms with Crippen molar-refractivity contribution in [3.8, 4) is 17.6 Å². The quantitative estimate of drug-likeness (QED) is 0.864. The number of aryl methyl sites for hydroxylation is 2. The van der Waals surface area contributed by atoms with Crippen LogP contribution in [0.25, 0.3) is 0 Å². The number of hydrogen-bond acceptors (Lipinski definition) is 2. The van der Waals surface area contributed by atoms with Crippen molar-refractivity contribution in [3.63, 3.8) is 0 Å². The fraction of sp³-hybridized carbons (Fsp3) is 0.222. The van der Waals surface area contributed by atoms with Crippen molar-refractivity contribution < 1.29 is 9.84 Å². The molecule has 2 aromatic rings. The number of hydrogen-bond donors (Lipinski definition) is 1. The van der Waals surface area contributed by atoms with Crippen LogP contribution >= 0.6 is 0 Å². The van der Waals surface area contributed by atoms with Gasteiger partial charge in [0.05, 0.1) is 0 Å². The highest BCUT2D eigenvalue weighted by molar-refractivity contribution is 5.39. The predicted molar refractivity (Wildman–Crippen MR) is 80.7 cm³/mol. The minimum Gasteiger partial charge on any atom is -0.489 e. The van der Waals surface area contributed by atoms with Gasteiger partial charge in [-0.2, -0.15) is 0 Å². The normalized spacial score (nSPS) is 9.75. The van der Waals surface area contributed by atoms with Gasteiger partial charge in [0.2, 0.25) is 0 Å². The van der Waals surface area contributed by atoms with Crippen molar-refractivity contribution in [1.82, 2.24) is 0 Å². The van der Waals surface area contributed by atoms with Gasteiger partial charge in [-0.05, 0) is 54.8 Å². The van der Waals surface area contributed by atoms with E-state index in [4.69, 9.17) is 9.84 Å². The monoisotopic (exact) mass is 266 g/mol. The third-order valence-electron chi connectivity index (χ3n) is 3.19. The molecule has 0 amide bonds. The zero-order valence-corrected chi connectivity index (χ0v) is 11.8. The highest BCUT2D eigenvalue weighted by Crippen LogP contribution is 2.18. The van der Waals surface area contributed by atoms with E-state index in [0.717, 1.165) is 11.3 Å². The minimum absolute atomic E-state index is 0.120. The molecule has 2 rings (SSSR count). The molecule has 2 aromatic carbocycles. The Kier molecular flexibility index (Phi) is 4.81. The van der Waals surface area contributed by atoms with Crippen LogP contribution in [-0.2, 0) is 6.61 Å². The topological polar surface area (TPSA) is 29.5 Å². The summed E-state index contributed by atoms with van der Waals surface area (Å²) in [4.78, 5) is 0. The summed E-state index contributed by atoms with van der Waals surface area (Å²) in [5.74, 6) is 6.30. The molecule has 0 fully saturated rings. The second kappa shape index (κ2) is 6.79. The summed E-state index contributed by atoms with van der Waals surface area (Å²) in [6.07, 6.45) is 0. The van der Waals surface area contributed by atoms with Gasteiger partial charge in [-0.1, -0.05) is 30.0 Å². The number of aliphatic hydroxyl groups is 1. The van der Waals surface area contributed by atoms with Gasteiger partial charge in [-0.3, -0.25) is 0 Å². The van der Waals surface area contributed by atoms with Crippen LogP contribution in [0.4, 0.5) is 0 Å². The predicted octanol–water partition coefficient (Wildman–Crippen LogP) is 3.23. The molecule has 0 aliphatic heterocycles. The van der Waals surface area contributed by atoms with Crippen LogP contribution in [0.1, 0.15) is 22.3 Å². The third-order valence-corrected chi connectivity index (χ3v) is 3.19. The van der Waals surface area contributed by atoms with Gasteiger partial charge in [0.25, 0.3) is 0 Å². The van der Waals surface area contributed by atoms with Crippen molar-refractivity contribution in [2.45, 2.75) is 20.5 Å². The summed E-state index contributed by atoms with van der Waals surface area (Å²) in [6, 6.07) is 13.8. The van der Waals surface area contributed by atoms with Crippen LogP contribution in [0.2, 0.25) is 0 Å². The van der Waals surface area contributed by atoms with Crippen LogP contribution in [0.3, 0.4) is 0 Å². The molecule has 0 radical (unpaired) electrons. The van der Waals surface area contributed by atoms with Crippen LogP contribution in [-0.4, -0.2) is 11.7 Å². The first-order valence-corrected chi connectivity index (χ1v) is 6.58. The summed E-state index contributed by atoms with van der Waals surface area (Å²) in [7, 11) is 0. The Morgan fingerprint density at radius 3 is 2.25 bits per heavy atom. The number of aliphatic hydroxyl groups excluding tert-OH is 1. The van der Waals surface area contributed by atoms with Gasteiger partial charge >= 0.3 is 0 Å². The maximum Gasteiger partial charge on any atom is 0.119 e. The molecule has 0 aliphatic rings. The zero-order valence-electron chi connectivity index (χ0n) is 11.8. The van der Waals surface area contributed by atoms with E-state index < -0.39 is 0 Å².